The topological polar surface area (TPSA) is 98.5 Å². The number of cyclic esters (lactones) is 1. The molecule has 2 aliphatic heterocycles. The van der Waals surface area contributed by atoms with Crippen molar-refractivity contribution in [2.45, 2.75) is 57.0 Å². The third kappa shape index (κ3) is 2.01. The second-order valence-electron chi connectivity index (χ2n) is 8.95. The average Bonchev–Trinajstić information content (AvgIpc) is 3.24. The lowest BCUT2D eigenvalue weighted by atomic mass is 9.45. The van der Waals surface area contributed by atoms with Crippen LogP contribution in [0.2, 0.25) is 0 Å². The van der Waals surface area contributed by atoms with E-state index in [-0.39, 0.29) is 18.0 Å². The van der Waals surface area contributed by atoms with Gasteiger partial charge in [0.15, 0.2) is 5.60 Å². The van der Waals surface area contributed by atoms with Gasteiger partial charge >= 0.3 is 11.9 Å². The van der Waals surface area contributed by atoms with Crippen molar-refractivity contribution >= 4 is 11.9 Å². The summed E-state index contributed by atoms with van der Waals surface area (Å²) in [5.74, 6) is -1.16. The summed E-state index contributed by atoms with van der Waals surface area (Å²) in [6.45, 7) is 3.95. The smallest absolute Gasteiger partial charge is 0.341 e. The number of carbonyl (C=O) groups is 2. The summed E-state index contributed by atoms with van der Waals surface area (Å²) < 4.78 is 21.6. The fourth-order valence-electron chi connectivity index (χ4n) is 6.11. The van der Waals surface area contributed by atoms with Crippen LogP contribution in [0.3, 0.4) is 0 Å². The first-order valence-electron chi connectivity index (χ1n) is 9.65. The van der Waals surface area contributed by atoms with Crippen molar-refractivity contribution in [3.8, 4) is 0 Å². The molecule has 0 spiro atoms. The number of ether oxygens (including phenoxy) is 3. The van der Waals surface area contributed by atoms with Crippen LogP contribution in [0.5, 0.6) is 0 Å². The Kier molecular flexibility index (Phi) is 3.51. The molecule has 1 N–H and O–H groups in total. The maximum atomic E-state index is 12.9. The highest BCUT2D eigenvalue weighted by Gasteiger charge is 2.76. The molecule has 1 saturated carbocycles. The molecule has 150 valence electrons. The summed E-state index contributed by atoms with van der Waals surface area (Å²) in [6.07, 6.45) is 5.40. The molecule has 28 heavy (non-hydrogen) atoms. The summed E-state index contributed by atoms with van der Waals surface area (Å²) in [4.78, 5) is 25.5. The summed E-state index contributed by atoms with van der Waals surface area (Å²) in [6, 6.07) is 1.80. The molecule has 1 aromatic heterocycles. The van der Waals surface area contributed by atoms with Gasteiger partial charge in [-0.05, 0) is 31.2 Å². The van der Waals surface area contributed by atoms with Crippen LogP contribution < -0.4 is 0 Å². The molecule has 7 heteroatoms. The van der Waals surface area contributed by atoms with E-state index in [9.17, 15) is 14.7 Å². The van der Waals surface area contributed by atoms with Crippen LogP contribution in [0.1, 0.15) is 44.8 Å². The minimum atomic E-state index is -1.74. The molecule has 1 aromatic rings. The summed E-state index contributed by atoms with van der Waals surface area (Å²) in [5, 5.41) is 11.6. The Labute approximate surface area is 162 Å². The van der Waals surface area contributed by atoms with Crippen LogP contribution in [0.15, 0.2) is 34.7 Å². The van der Waals surface area contributed by atoms with Crippen LogP contribution in [0.4, 0.5) is 0 Å². The predicted octanol–water partition coefficient (Wildman–Crippen LogP) is 2.30. The summed E-state index contributed by atoms with van der Waals surface area (Å²) in [7, 11) is 1.28. The minimum absolute atomic E-state index is 0.143. The van der Waals surface area contributed by atoms with Gasteiger partial charge in [-0.15, -0.1) is 0 Å². The Morgan fingerprint density at radius 1 is 1.36 bits per heavy atom. The number of fused-ring (bicyclic) bond motifs is 4. The minimum Gasteiger partial charge on any atom is -0.472 e. The Hall–Kier alpha value is -2.12. The molecule has 0 aromatic carbocycles. The van der Waals surface area contributed by atoms with Crippen LogP contribution in [0.25, 0.3) is 0 Å². The molecule has 3 fully saturated rings. The van der Waals surface area contributed by atoms with E-state index in [1.165, 1.54) is 7.11 Å². The summed E-state index contributed by atoms with van der Waals surface area (Å²) >= 11 is 0. The van der Waals surface area contributed by atoms with Crippen molar-refractivity contribution < 1.29 is 33.3 Å². The number of furan rings is 1. The van der Waals surface area contributed by atoms with Gasteiger partial charge in [-0.2, -0.15) is 0 Å². The second kappa shape index (κ2) is 5.48. The maximum absolute atomic E-state index is 12.9. The van der Waals surface area contributed by atoms with E-state index < -0.39 is 34.6 Å². The van der Waals surface area contributed by atoms with Gasteiger partial charge in [0.1, 0.15) is 12.2 Å². The Morgan fingerprint density at radius 3 is 2.82 bits per heavy atom. The van der Waals surface area contributed by atoms with Gasteiger partial charge in [-0.25, -0.2) is 9.59 Å². The molecule has 2 saturated heterocycles. The standard InChI is InChI=1S/C21H24O7/c1-19-9-14(11-5-7-26-10-11)28-17(22)12(19)4-6-20(2)15(19)8-13-16(27-13)21(20,24)18(23)25-3/h4-5,7,10,13-16,24H,6,8-9H2,1-3H3/t13?,14?,15-,16?,19+,20-,21-/m0/s1. The zero-order chi connectivity index (χ0) is 19.9. The van der Waals surface area contributed by atoms with Crippen LogP contribution in [0, 0.1) is 16.7 Å². The highest BCUT2D eigenvalue weighted by molar-refractivity contribution is 5.92. The fourth-order valence-corrected chi connectivity index (χ4v) is 6.11. The van der Waals surface area contributed by atoms with Crippen molar-refractivity contribution in [1.29, 1.82) is 0 Å². The molecule has 3 heterocycles. The molecular weight excluding hydrogens is 364 g/mol. The Balaban J connectivity index is 1.61. The third-order valence-electron chi connectivity index (χ3n) is 7.71. The SMILES string of the molecule is COC(=O)[C@@]1(O)C2OC2C[C@@H]2[C@]1(C)CC=C1C(=O)OC(c3ccoc3)C[C@]12C. The molecule has 0 bridgehead atoms. The number of aliphatic hydroxyl groups is 1. The Bertz CT molecular complexity index is 873. The quantitative estimate of drug-likeness (QED) is 0.613. The molecular formula is C21H24O7. The van der Waals surface area contributed by atoms with Crippen LogP contribution in [-0.4, -0.2) is 42.0 Å². The van der Waals surface area contributed by atoms with E-state index in [1.54, 1.807) is 18.6 Å². The zero-order valence-electron chi connectivity index (χ0n) is 16.1. The van der Waals surface area contributed by atoms with Gasteiger partial charge in [0.2, 0.25) is 0 Å². The van der Waals surface area contributed by atoms with E-state index in [0.717, 1.165) is 5.56 Å². The predicted molar refractivity (Wildman–Crippen MR) is 94.8 cm³/mol. The normalized spacial score (nSPS) is 46.4. The molecule has 2 aliphatic carbocycles. The first-order chi connectivity index (χ1) is 13.3. The van der Waals surface area contributed by atoms with Gasteiger partial charge in [0, 0.05) is 22.0 Å². The largest absolute Gasteiger partial charge is 0.472 e. The molecule has 3 unspecified atom stereocenters. The van der Waals surface area contributed by atoms with Crippen molar-refractivity contribution in [3.05, 3.63) is 35.8 Å². The van der Waals surface area contributed by atoms with Crippen molar-refractivity contribution in [1.82, 2.24) is 0 Å². The zero-order valence-corrected chi connectivity index (χ0v) is 16.1. The molecule has 7 atom stereocenters. The number of hydrogen-bond donors (Lipinski definition) is 1. The van der Waals surface area contributed by atoms with E-state index in [4.69, 9.17) is 18.6 Å². The molecule has 4 aliphatic rings. The van der Waals surface area contributed by atoms with Crippen molar-refractivity contribution in [2.24, 2.45) is 16.7 Å². The second-order valence-corrected chi connectivity index (χ2v) is 8.95. The molecule has 0 amide bonds. The first-order valence-corrected chi connectivity index (χ1v) is 9.65. The van der Waals surface area contributed by atoms with Crippen molar-refractivity contribution in [2.75, 3.05) is 7.11 Å². The highest BCUT2D eigenvalue weighted by atomic mass is 16.6. The number of rotatable bonds is 2. The van der Waals surface area contributed by atoms with Gasteiger partial charge < -0.3 is 23.7 Å². The van der Waals surface area contributed by atoms with Gasteiger partial charge in [0.25, 0.3) is 0 Å². The van der Waals surface area contributed by atoms with Crippen molar-refractivity contribution in [3.63, 3.8) is 0 Å². The lowest BCUT2D eigenvalue weighted by molar-refractivity contribution is -0.204. The third-order valence-corrected chi connectivity index (χ3v) is 7.71. The molecule has 0 radical (unpaired) electrons. The van der Waals surface area contributed by atoms with Crippen LogP contribution in [-0.2, 0) is 23.8 Å². The van der Waals surface area contributed by atoms with Crippen LogP contribution >= 0.6 is 0 Å². The number of hydrogen-bond acceptors (Lipinski definition) is 7. The number of methoxy groups -OCH3 is 1. The molecule has 5 rings (SSSR count). The highest BCUT2D eigenvalue weighted by Crippen LogP contribution is 2.68. The number of epoxide rings is 1. The molecule has 7 nitrogen and oxygen atoms in total. The van der Waals surface area contributed by atoms with Gasteiger partial charge in [-0.1, -0.05) is 19.9 Å². The Morgan fingerprint density at radius 2 is 2.14 bits per heavy atom. The lowest BCUT2D eigenvalue weighted by Gasteiger charge is -2.59. The van der Waals surface area contributed by atoms with Gasteiger partial charge in [0.05, 0.1) is 25.7 Å². The first kappa shape index (κ1) is 17.9. The average molecular weight is 388 g/mol. The van der Waals surface area contributed by atoms with E-state index in [1.807, 2.05) is 19.9 Å². The van der Waals surface area contributed by atoms with Gasteiger partial charge in [-0.3, -0.25) is 0 Å². The number of allylic oxidation sites excluding steroid dienone is 1. The van der Waals surface area contributed by atoms with E-state index in [0.29, 0.717) is 24.8 Å². The number of carbonyl (C=O) groups excluding carboxylic acids is 2. The fraction of sp³-hybridized carbons (Fsp3) is 0.619. The monoisotopic (exact) mass is 388 g/mol. The van der Waals surface area contributed by atoms with E-state index in [2.05, 4.69) is 0 Å². The van der Waals surface area contributed by atoms with E-state index >= 15 is 0 Å². The summed E-state index contributed by atoms with van der Waals surface area (Å²) in [5.41, 5.74) is -1.69. The maximum Gasteiger partial charge on any atom is 0.341 e. The number of esters is 2. The lowest BCUT2D eigenvalue weighted by Crippen LogP contribution is -2.67.